The van der Waals surface area contributed by atoms with Gasteiger partial charge in [0.05, 0.1) is 13.2 Å². The SMILES string of the molecule is COc1ccc([C@@H](N[S+]([O-])C(C)(C)C)C(C)C)cc1. The molecule has 1 unspecified atom stereocenters. The van der Waals surface area contributed by atoms with Crippen LogP contribution in [-0.4, -0.2) is 16.4 Å². The lowest BCUT2D eigenvalue weighted by molar-refractivity contribution is 0.413. The Bertz CT molecular complexity index is 384. The van der Waals surface area contributed by atoms with Gasteiger partial charge in [0.15, 0.2) is 0 Å². The molecule has 1 rings (SSSR count). The third kappa shape index (κ3) is 4.71. The number of nitrogens with one attached hydrogen (secondary N) is 1. The van der Waals surface area contributed by atoms with Crippen LogP contribution in [0.1, 0.15) is 46.2 Å². The van der Waals surface area contributed by atoms with E-state index in [1.54, 1.807) is 7.11 Å². The van der Waals surface area contributed by atoms with Crippen molar-refractivity contribution in [3.63, 3.8) is 0 Å². The number of hydrogen-bond acceptors (Lipinski definition) is 3. The molecule has 0 spiro atoms. The molecule has 1 N–H and O–H groups in total. The van der Waals surface area contributed by atoms with E-state index < -0.39 is 11.4 Å². The first-order chi connectivity index (χ1) is 8.75. The summed E-state index contributed by atoms with van der Waals surface area (Å²) < 4.78 is 20.4. The number of methoxy groups -OCH3 is 1. The van der Waals surface area contributed by atoms with Crippen LogP contribution in [0.15, 0.2) is 24.3 Å². The van der Waals surface area contributed by atoms with Crippen LogP contribution < -0.4 is 9.46 Å². The van der Waals surface area contributed by atoms with Crippen molar-refractivity contribution in [3.8, 4) is 5.75 Å². The Morgan fingerprint density at radius 2 is 1.68 bits per heavy atom. The monoisotopic (exact) mass is 283 g/mol. The normalized spacial score (nSPS) is 15.4. The van der Waals surface area contributed by atoms with E-state index in [1.165, 1.54) is 0 Å². The molecule has 0 bridgehead atoms. The van der Waals surface area contributed by atoms with E-state index in [0.717, 1.165) is 11.3 Å². The predicted molar refractivity (Wildman–Crippen MR) is 81.6 cm³/mol. The first kappa shape index (κ1) is 16.3. The number of ether oxygens (including phenoxy) is 1. The molecule has 0 fully saturated rings. The van der Waals surface area contributed by atoms with Gasteiger partial charge in [-0.2, -0.15) is 0 Å². The van der Waals surface area contributed by atoms with Crippen LogP contribution in [0.2, 0.25) is 0 Å². The highest BCUT2D eigenvalue weighted by atomic mass is 32.2. The van der Waals surface area contributed by atoms with Crippen molar-refractivity contribution in [2.24, 2.45) is 5.92 Å². The third-order valence-electron chi connectivity index (χ3n) is 2.93. The Balaban J connectivity index is 2.88. The fourth-order valence-corrected chi connectivity index (χ4v) is 2.68. The second kappa shape index (κ2) is 6.64. The molecule has 0 amide bonds. The summed E-state index contributed by atoms with van der Waals surface area (Å²) in [6.45, 7) is 10.2. The average molecular weight is 283 g/mol. The Labute approximate surface area is 120 Å². The standard InChI is InChI=1S/C15H25NO2S/c1-11(2)14(16-19(17)15(3,4)5)12-7-9-13(18-6)10-8-12/h7-11,14,16H,1-6H3/t14-,19?/m0/s1. The van der Waals surface area contributed by atoms with Gasteiger partial charge >= 0.3 is 0 Å². The average Bonchev–Trinajstić information content (AvgIpc) is 2.34. The largest absolute Gasteiger partial charge is 0.598 e. The molecule has 3 nitrogen and oxygen atoms in total. The van der Waals surface area contributed by atoms with Gasteiger partial charge in [0, 0.05) is 11.4 Å². The summed E-state index contributed by atoms with van der Waals surface area (Å²) in [5, 5.41) is 0. The van der Waals surface area contributed by atoms with Crippen molar-refractivity contribution in [2.75, 3.05) is 7.11 Å². The van der Waals surface area contributed by atoms with Gasteiger partial charge in [-0.3, -0.25) is 0 Å². The van der Waals surface area contributed by atoms with Crippen molar-refractivity contribution in [2.45, 2.75) is 45.4 Å². The molecule has 0 aromatic heterocycles. The van der Waals surface area contributed by atoms with Gasteiger partial charge in [-0.25, -0.2) is 0 Å². The van der Waals surface area contributed by atoms with Crippen molar-refractivity contribution in [1.82, 2.24) is 4.72 Å². The van der Waals surface area contributed by atoms with Crippen molar-refractivity contribution in [1.29, 1.82) is 0 Å². The lowest BCUT2D eigenvalue weighted by Crippen LogP contribution is -2.42. The molecule has 0 aliphatic carbocycles. The number of hydrogen-bond donors (Lipinski definition) is 1. The second-order valence-electron chi connectivity index (χ2n) is 5.99. The van der Waals surface area contributed by atoms with Crippen LogP contribution in [0.5, 0.6) is 5.75 Å². The third-order valence-corrected chi connectivity index (χ3v) is 4.51. The van der Waals surface area contributed by atoms with E-state index in [9.17, 15) is 4.55 Å². The zero-order valence-electron chi connectivity index (χ0n) is 12.7. The molecular formula is C15H25NO2S. The zero-order chi connectivity index (χ0) is 14.6. The quantitative estimate of drug-likeness (QED) is 0.842. The Morgan fingerprint density at radius 3 is 2.05 bits per heavy atom. The molecule has 0 radical (unpaired) electrons. The van der Waals surface area contributed by atoms with E-state index in [2.05, 4.69) is 18.6 Å². The van der Waals surface area contributed by atoms with E-state index in [0.29, 0.717) is 5.92 Å². The fourth-order valence-electron chi connectivity index (χ4n) is 1.69. The van der Waals surface area contributed by atoms with Gasteiger partial charge in [0.1, 0.15) is 10.5 Å². The molecule has 108 valence electrons. The minimum Gasteiger partial charge on any atom is -0.598 e. The van der Waals surface area contributed by atoms with E-state index >= 15 is 0 Å². The van der Waals surface area contributed by atoms with Crippen molar-refractivity contribution >= 4 is 11.4 Å². The summed E-state index contributed by atoms with van der Waals surface area (Å²) in [6, 6.07) is 8.00. The Morgan fingerprint density at radius 1 is 1.16 bits per heavy atom. The maximum Gasteiger partial charge on any atom is 0.136 e. The molecule has 2 atom stereocenters. The van der Waals surface area contributed by atoms with E-state index in [1.807, 2.05) is 45.0 Å². The number of rotatable bonds is 5. The van der Waals surface area contributed by atoms with Gasteiger partial charge in [-0.15, -0.1) is 4.72 Å². The maximum atomic E-state index is 12.3. The molecule has 19 heavy (non-hydrogen) atoms. The second-order valence-corrected chi connectivity index (χ2v) is 7.99. The van der Waals surface area contributed by atoms with Crippen molar-refractivity contribution < 1.29 is 9.29 Å². The smallest absolute Gasteiger partial charge is 0.136 e. The highest BCUT2D eigenvalue weighted by Gasteiger charge is 2.30. The number of benzene rings is 1. The summed E-state index contributed by atoms with van der Waals surface area (Å²) >= 11 is -1.08. The van der Waals surface area contributed by atoms with Crippen LogP contribution >= 0.6 is 0 Å². The van der Waals surface area contributed by atoms with Crippen LogP contribution in [0.4, 0.5) is 0 Å². The van der Waals surface area contributed by atoms with Gasteiger partial charge in [0.25, 0.3) is 0 Å². The van der Waals surface area contributed by atoms with Crippen LogP contribution in [-0.2, 0) is 11.4 Å². The summed E-state index contributed by atoms with van der Waals surface area (Å²) in [5.41, 5.74) is 1.13. The van der Waals surface area contributed by atoms with E-state index in [4.69, 9.17) is 4.74 Å². The molecule has 0 aliphatic rings. The summed E-state index contributed by atoms with van der Waals surface area (Å²) in [6.07, 6.45) is 0. The van der Waals surface area contributed by atoms with E-state index in [-0.39, 0.29) is 10.8 Å². The van der Waals surface area contributed by atoms with Gasteiger partial charge in [-0.05, 0) is 44.4 Å². The predicted octanol–water partition coefficient (Wildman–Crippen LogP) is 3.44. The first-order valence-corrected chi connectivity index (χ1v) is 7.72. The first-order valence-electron chi connectivity index (χ1n) is 6.57. The summed E-state index contributed by atoms with van der Waals surface area (Å²) in [7, 11) is 1.65. The lowest BCUT2D eigenvalue weighted by atomic mass is 9.97. The molecule has 0 saturated heterocycles. The Kier molecular flexibility index (Phi) is 5.71. The zero-order valence-corrected chi connectivity index (χ0v) is 13.5. The van der Waals surface area contributed by atoms with Crippen LogP contribution in [0.25, 0.3) is 0 Å². The summed E-state index contributed by atoms with van der Waals surface area (Å²) in [4.78, 5) is 0. The van der Waals surface area contributed by atoms with Crippen LogP contribution in [0, 0.1) is 5.92 Å². The van der Waals surface area contributed by atoms with Gasteiger partial charge in [-0.1, -0.05) is 26.0 Å². The fraction of sp³-hybridized carbons (Fsp3) is 0.600. The minimum atomic E-state index is -1.08. The highest BCUT2D eigenvalue weighted by molar-refractivity contribution is 7.90. The molecule has 0 saturated carbocycles. The van der Waals surface area contributed by atoms with Crippen LogP contribution in [0.3, 0.4) is 0 Å². The molecule has 4 heteroatoms. The molecular weight excluding hydrogens is 258 g/mol. The topological polar surface area (TPSA) is 44.3 Å². The Hall–Kier alpha value is -0.710. The lowest BCUT2D eigenvalue weighted by Gasteiger charge is -2.30. The highest BCUT2D eigenvalue weighted by Crippen LogP contribution is 2.27. The van der Waals surface area contributed by atoms with Crippen molar-refractivity contribution in [3.05, 3.63) is 29.8 Å². The molecule has 0 aliphatic heterocycles. The maximum absolute atomic E-state index is 12.3. The molecule has 0 heterocycles. The molecule has 1 aromatic carbocycles. The molecule has 1 aromatic rings. The summed E-state index contributed by atoms with van der Waals surface area (Å²) in [5.74, 6) is 1.20. The van der Waals surface area contributed by atoms with Gasteiger partial charge < -0.3 is 9.29 Å². The minimum absolute atomic E-state index is 0.0750. The van der Waals surface area contributed by atoms with Gasteiger partial charge in [0.2, 0.25) is 0 Å².